The summed E-state index contributed by atoms with van der Waals surface area (Å²) in [5.41, 5.74) is 1.07. The number of rotatable bonds is 9. The normalized spacial score (nSPS) is 26.0. The number of alkyl carbamates (subject to hydrolysis) is 1. The predicted molar refractivity (Wildman–Crippen MR) is 154 cm³/mol. The average molecular weight is 647 g/mol. The number of ketones is 1. The molecule has 2 saturated heterocycles. The Bertz CT molecular complexity index is 1200. The molecule has 1 unspecified atom stereocenters. The number of Topliss-reactive ketones (excluding diaryl/α,β-unsaturated/α-hetero) is 1. The Labute approximate surface area is 257 Å². The molecule has 222 valence electrons. The van der Waals surface area contributed by atoms with Gasteiger partial charge < -0.3 is 33.8 Å². The third-order valence-corrected chi connectivity index (χ3v) is 7.79. The molecule has 41 heavy (non-hydrogen) atoms. The van der Waals surface area contributed by atoms with E-state index in [0.717, 1.165) is 16.0 Å². The molecule has 0 aromatic heterocycles. The van der Waals surface area contributed by atoms with Gasteiger partial charge in [-0.15, -0.1) is 0 Å². The Balaban J connectivity index is 1.64. The van der Waals surface area contributed by atoms with Crippen LogP contribution < -0.4 is 5.32 Å². The molecule has 0 bridgehead atoms. The van der Waals surface area contributed by atoms with Crippen LogP contribution in [-0.2, 0) is 33.3 Å². The third kappa shape index (κ3) is 9.47. The van der Waals surface area contributed by atoms with Gasteiger partial charge in [0.15, 0.2) is 12.4 Å². The molecule has 2 aliphatic rings. The molecule has 1 amide bonds. The maximum absolute atomic E-state index is 12.9. The fourth-order valence-electron chi connectivity index (χ4n) is 4.31. The molecule has 13 heteroatoms. The Morgan fingerprint density at radius 3 is 2.39 bits per heavy atom. The topological polar surface area (TPSA) is 109 Å². The van der Waals surface area contributed by atoms with Gasteiger partial charge in [0, 0.05) is 16.9 Å². The van der Waals surface area contributed by atoms with Crippen LogP contribution in [0.4, 0.5) is 4.79 Å². The number of ether oxygens (including phenoxy) is 5. The van der Waals surface area contributed by atoms with Crippen LogP contribution in [0.5, 0.6) is 0 Å². The molecule has 0 saturated carbocycles. The number of nitrogens with one attached hydrogen (secondary N) is 1. The van der Waals surface area contributed by atoms with Crippen LogP contribution >= 0.6 is 46.6 Å². The van der Waals surface area contributed by atoms with E-state index in [9.17, 15) is 14.4 Å². The first-order valence-electron chi connectivity index (χ1n) is 12.9. The largest absolute Gasteiger partial charge is 0.457 e. The first-order chi connectivity index (χ1) is 19.5. The number of carbonyl (C=O) groups excluding carboxylic acids is 3. The van der Waals surface area contributed by atoms with E-state index < -0.39 is 58.5 Å². The van der Waals surface area contributed by atoms with E-state index >= 15 is 0 Å². The van der Waals surface area contributed by atoms with Gasteiger partial charge in [-0.2, -0.15) is 0 Å². The van der Waals surface area contributed by atoms with Gasteiger partial charge in [0.1, 0.15) is 36.1 Å². The maximum atomic E-state index is 12.9. The van der Waals surface area contributed by atoms with Crippen molar-refractivity contribution >= 4 is 64.4 Å². The van der Waals surface area contributed by atoms with Crippen LogP contribution in [0, 0.1) is 6.92 Å². The third-order valence-electron chi connectivity index (χ3n) is 6.28. The molecule has 6 atom stereocenters. The molecule has 0 spiro atoms. The van der Waals surface area contributed by atoms with E-state index in [1.54, 1.807) is 0 Å². The number of esters is 1. The zero-order valence-electron chi connectivity index (χ0n) is 22.3. The van der Waals surface area contributed by atoms with Crippen molar-refractivity contribution < 1.29 is 38.1 Å². The van der Waals surface area contributed by atoms with E-state index in [1.165, 1.54) is 18.7 Å². The van der Waals surface area contributed by atoms with E-state index in [4.69, 9.17) is 58.5 Å². The van der Waals surface area contributed by atoms with Gasteiger partial charge in [-0.1, -0.05) is 94.6 Å². The van der Waals surface area contributed by atoms with Crippen LogP contribution in [0.3, 0.4) is 0 Å². The number of thioether (sulfide) groups is 1. The van der Waals surface area contributed by atoms with Crippen LogP contribution in [0.1, 0.15) is 37.2 Å². The number of aryl methyl sites for hydroxylation is 1. The molecule has 0 radical (unpaired) electrons. The van der Waals surface area contributed by atoms with Gasteiger partial charge in [-0.3, -0.25) is 4.79 Å². The summed E-state index contributed by atoms with van der Waals surface area (Å²) in [5.74, 6) is -0.784. The van der Waals surface area contributed by atoms with Crippen molar-refractivity contribution in [3.63, 3.8) is 0 Å². The maximum Gasteiger partial charge on any atom is 0.407 e. The zero-order valence-corrected chi connectivity index (χ0v) is 25.4. The van der Waals surface area contributed by atoms with Crippen molar-refractivity contribution in [2.75, 3.05) is 13.2 Å². The second kappa shape index (κ2) is 14.4. The molecule has 9 nitrogen and oxygen atoms in total. The van der Waals surface area contributed by atoms with E-state index in [2.05, 4.69) is 5.32 Å². The summed E-state index contributed by atoms with van der Waals surface area (Å²) in [7, 11) is 0. The van der Waals surface area contributed by atoms with Gasteiger partial charge in [0.25, 0.3) is 0 Å². The first kappa shape index (κ1) is 31.9. The fourth-order valence-corrected chi connectivity index (χ4v) is 5.60. The molecule has 1 N–H and O–H groups in total. The van der Waals surface area contributed by atoms with Gasteiger partial charge in [0.2, 0.25) is 3.79 Å². The number of benzene rings is 2. The molecular weight excluding hydrogens is 617 g/mol. The van der Waals surface area contributed by atoms with Crippen molar-refractivity contribution in [2.45, 2.75) is 71.5 Å². The van der Waals surface area contributed by atoms with Gasteiger partial charge >= 0.3 is 12.1 Å². The zero-order chi connectivity index (χ0) is 29.6. The fraction of sp³-hybridized carbons (Fsp3) is 0.464. The molecule has 4 rings (SSSR count). The average Bonchev–Trinajstić information content (AvgIpc) is 2.93. The van der Waals surface area contributed by atoms with E-state index in [1.807, 2.05) is 61.5 Å². The van der Waals surface area contributed by atoms with E-state index in [-0.39, 0.29) is 25.2 Å². The minimum absolute atomic E-state index is 0.0116. The Kier molecular flexibility index (Phi) is 11.2. The molecular formula is C28H30Cl3NO8S. The van der Waals surface area contributed by atoms with Crippen molar-refractivity contribution in [2.24, 2.45) is 0 Å². The summed E-state index contributed by atoms with van der Waals surface area (Å²) in [5, 5.41) is 2.73. The Morgan fingerprint density at radius 1 is 1.02 bits per heavy atom. The molecule has 2 heterocycles. The van der Waals surface area contributed by atoms with Crippen molar-refractivity contribution in [3.05, 3.63) is 65.7 Å². The molecule has 2 aromatic carbocycles. The van der Waals surface area contributed by atoms with Crippen LogP contribution in [0.2, 0.25) is 0 Å². The van der Waals surface area contributed by atoms with Crippen LogP contribution in [-0.4, -0.2) is 64.6 Å². The smallest absolute Gasteiger partial charge is 0.407 e. The molecule has 2 aliphatic heterocycles. The Morgan fingerprint density at radius 2 is 1.73 bits per heavy atom. The summed E-state index contributed by atoms with van der Waals surface area (Å²) in [6, 6.07) is 16.0. The highest BCUT2D eigenvalue weighted by Crippen LogP contribution is 2.40. The minimum atomic E-state index is -1.83. The monoisotopic (exact) mass is 645 g/mol. The number of amides is 1. The summed E-state index contributed by atoms with van der Waals surface area (Å²) in [6.07, 6.45) is -4.30. The highest BCUT2D eigenvalue weighted by Gasteiger charge is 2.53. The standard InChI is InChI=1S/C28H30Cl3NO8S/c1-16-8-11-19(12-9-16)41-26-22(32-27(35)37-15-28(29,30)31)24(39-21(34)13-10-17(2)33)23-20(38-26)14-36-25(40-23)18-6-4-3-5-7-18/h3-9,11-12,20,22-26H,10,13-15H2,1-2H3,(H,32,35)/t20-,22-,23+,24-,25?,26+/m1/s1. The number of halogens is 3. The van der Waals surface area contributed by atoms with E-state index in [0.29, 0.717) is 0 Å². The lowest BCUT2D eigenvalue weighted by molar-refractivity contribution is -0.308. The number of fused-ring (bicyclic) bond motifs is 1. The minimum Gasteiger partial charge on any atom is -0.457 e. The molecule has 2 aromatic rings. The Hall–Kier alpha value is -2.05. The summed E-state index contributed by atoms with van der Waals surface area (Å²) in [6.45, 7) is 2.99. The SMILES string of the molecule is CC(=O)CCC(=O)O[C@@H]1[C@@H](NC(=O)OCC(Cl)(Cl)Cl)[C@H](Sc2ccc(C)cc2)O[C@@H]2COC(c3ccccc3)O[C@H]12. The lowest BCUT2D eigenvalue weighted by Gasteiger charge is -2.48. The number of hydrogen-bond donors (Lipinski definition) is 1. The highest BCUT2D eigenvalue weighted by atomic mass is 35.6. The van der Waals surface area contributed by atoms with Gasteiger partial charge in [0.05, 0.1) is 13.0 Å². The summed E-state index contributed by atoms with van der Waals surface area (Å²) < 4.78 is 27.9. The number of carbonyl (C=O) groups is 3. The quantitative estimate of drug-likeness (QED) is 0.272. The lowest BCUT2D eigenvalue weighted by Crippen LogP contribution is -2.66. The number of hydrogen-bond acceptors (Lipinski definition) is 9. The molecule has 0 aliphatic carbocycles. The number of alkyl halides is 3. The van der Waals surface area contributed by atoms with Gasteiger partial charge in [-0.05, 0) is 26.0 Å². The van der Waals surface area contributed by atoms with Crippen LogP contribution in [0.25, 0.3) is 0 Å². The second-order valence-corrected chi connectivity index (χ2v) is 13.4. The summed E-state index contributed by atoms with van der Waals surface area (Å²) in [4.78, 5) is 38.2. The van der Waals surface area contributed by atoms with Crippen molar-refractivity contribution in [1.29, 1.82) is 0 Å². The van der Waals surface area contributed by atoms with Crippen molar-refractivity contribution in [3.8, 4) is 0 Å². The van der Waals surface area contributed by atoms with Gasteiger partial charge in [-0.25, -0.2) is 4.79 Å². The van der Waals surface area contributed by atoms with Crippen LogP contribution in [0.15, 0.2) is 59.5 Å². The molecule has 2 fully saturated rings. The lowest BCUT2D eigenvalue weighted by atomic mass is 9.96. The highest BCUT2D eigenvalue weighted by molar-refractivity contribution is 7.99. The first-order valence-corrected chi connectivity index (χ1v) is 14.9. The summed E-state index contributed by atoms with van der Waals surface area (Å²) >= 11 is 18.6. The second-order valence-electron chi connectivity index (χ2n) is 9.67. The predicted octanol–water partition coefficient (Wildman–Crippen LogP) is 5.67. The van der Waals surface area contributed by atoms with Crippen molar-refractivity contribution in [1.82, 2.24) is 5.32 Å².